The zero-order chi connectivity index (χ0) is 16.0. The van der Waals surface area contributed by atoms with Crippen LogP contribution < -0.4 is 0 Å². The van der Waals surface area contributed by atoms with E-state index in [0.29, 0.717) is 12.0 Å². The number of benzene rings is 2. The van der Waals surface area contributed by atoms with Gasteiger partial charge in [0.05, 0.1) is 10.7 Å². The Morgan fingerprint density at radius 2 is 1.82 bits per heavy atom. The summed E-state index contributed by atoms with van der Waals surface area (Å²) in [7, 11) is -3.61. The maximum absolute atomic E-state index is 11.9. The molecule has 0 bridgehead atoms. The molecule has 0 amide bonds. The maximum Gasteiger partial charge on any atom is 0.270 e. The molecule has 114 valence electrons. The first-order valence-electron chi connectivity index (χ1n) is 6.53. The lowest BCUT2D eigenvalue weighted by Crippen LogP contribution is -2.06. The minimum atomic E-state index is -3.61. The van der Waals surface area contributed by atoms with Crippen LogP contribution in [-0.2, 0) is 16.4 Å². The van der Waals surface area contributed by atoms with Crippen LogP contribution in [0.3, 0.4) is 0 Å². The second-order valence-electron chi connectivity index (χ2n) is 4.61. The average molecular weight is 318 g/mol. The molecule has 0 aliphatic carbocycles. The van der Waals surface area contributed by atoms with Gasteiger partial charge in [-0.15, -0.1) is 0 Å². The first-order chi connectivity index (χ1) is 10.5. The minimum absolute atomic E-state index is 0.106. The van der Waals surface area contributed by atoms with Crippen LogP contribution in [0.15, 0.2) is 59.0 Å². The SMILES string of the molecule is O=[N+]([O-])c1cccc(C=NS(=O)(=O)CCc2ccccc2)c1. The fourth-order valence-corrected chi connectivity index (χ4v) is 2.69. The fraction of sp³-hybridized carbons (Fsp3) is 0.133. The summed E-state index contributed by atoms with van der Waals surface area (Å²) in [6.07, 6.45) is 1.50. The van der Waals surface area contributed by atoms with Crippen molar-refractivity contribution in [3.8, 4) is 0 Å². The Balaban J connectivity index is 2.05. The summed E-state index contributed by atoms with van der Waals surface area (Å²) in [6, 6.07) is 14.9. The Morgan fingerprint density at radius 1 is 1.09 bits per heavy atom. The van der Waals surface area contributed by atoms with Crippen LogP contribution in [0.4, 0.5) is 5.69 Å². The van der Waals surface area contributed by atoms with Crippen LogP contribution in [0.1, 0.15) is 11.1 Å². The highest BCUT2D eigenvalue weighted by molar-refractivity contribution is 7.90. The van der Waals surface area contributed by atoms with Gasteiger partial charge >= 0.3 is 0 Å². The van der Waals surface area contributed by atoms with E-state index in [0.717, 1.165) is 11.8 Å². The zero-order valence-corrected chi connectivity index (χ0v) is 12.4. The number of rotatable bonds is 6. The number of nitro benzene ring substituents is 1. The van der Waals surface area contributed by atoms with Gasteiger partial charge in [-0.3, -0.25) is 10.1 Å². The van der Waals surface area contributed by atoms with E-state index in [9.17, 15) is 18.5 Å². The molecule has 0 saturated carbocycles. The van der Waals surface area contributed by atoms with Crippen molar-refractivity contribution in [3.05, 3.63) is 75.8 Å². The van der Waals surface area contributed by atoms with Crippen LogP contribution in [0, 0.1) is 10.1 Å². The Kier molecular flexibility index (Phi) is 5.00. The number of hydrogen-bond acceptors (Lipinski definition) is 4. The molecular formula is C15H14N2O4S. The van der Waals surface area contributed by atoms with Crippen molar-refractivity contribution in [2.24, 2.45) is 4.40 Å². The number of nitrogens with zero attached hydrogens (tertiary/aromatic N) is 2. The summed E-state index contributed by atoms with van der Waals surface area (Å²) in [6.45, 7) is 0. The zero-order valence-electron chi connectivity index (χ0n) is 11.6. The van der Waals surface area contributed by atoms with Crippen molar-refractivity contribution in [2.75, 3.05) is 5.75 Å². The summed E-state index contributed by atoms with van der Waals surface area (Å²) >= 11 is 0. The smallest absolute Gasteiger partial charge is 0.258 e. The van der Waals surface area contributed by atoms with Crippen molar-refractivity contribution < 1.29 is 13.3 Å². The summed E-state index contributed by atoms with van der Waals surface area (Å²) < 4.78 is 27.3. The Bertz CT molecular complexity index is 786. The monoisotopic (exact) mass is 318 g/mol. The molecule has 0 spiro atoms. The molecule has 0 radical (unpaired) electrons. The molecule has 2 aromatic carbocycles. The molecular weight excluding hydrogens is 304 g/mol. The van der Waals surface area contributed by atoms with Gasteiger partial charge in [-0.05, 0) is 12.0 Å². The van der Waals surface area contributed by atoms with Gasteiger partial charge in [0.2, 0.25) is 0 Å². The van der Waals surface area contributed by atoms with Gasteiger partial charge in [0.25, 0.3) is 15.7 Å². The fourth-order valence-electron chi connectivity index (χ4n) is 1.80. The summed E-state index contributed by atoms with van der Waals surface area (Å²) in [5.74, 6) is -0.109. The normalized spacial score (nSPS) is 11.6. The van der Waals surface area contributed by atoms with Gasteiger partial charge in [0.15, 0.2) is 0 Å². The highest BCUT2D eigenvalue weighted by Crippen LogP contribution is 2.12. The molecule has 7 heteroatoms. The van der Waals surface area contributed by atoms with Crippen LogP contribution >= 0.6 is 0 Å². The number of aryl methyl sites for hydroxylation is 1. The predicted molar refractivity (Wildman–Crippen MR) is 84.6 cm³/mol. The molecule has 0 N–H and O–H groups in total. The quantitative estimate of drug-likeness (QED) is 0.465. The Hall–Kier alpha value is -2.54. The van der Waals surface area contributed by atoms with Crippen molar-refractivity contribution in [1.82, 2.24) is 0 Å². The first-order valence-corrected chi connectivity index (χ1v) is 8.13. The third kappa shape index (κ3) is 4.78. The van der Waals surface area contributed by atoms with E-state index in [-0.39, 0.29) is 11.4 Å². The van der Waals surface area contributed by atoms with Crippen LogP contribution in [-0.4, -0.2) is 25.3 Å². The first kappa shape index (κ1) is 15.8. The van der Waals surface area contributed by atoms with E-state index in [1.165, 1.54) is 18.2 Å². The topological polar surface area (TPSA) is 89.6 Å². The average Bonchev–Trinajstić information content (AvgIpc) is 2.53. The third-order valence-corrected chi connectivity index (χ3v) is 4.08. The minimum Gasteiger partial charge on any atom is -0.258 e. The van der Waals surface area contributed by atoms with Crippen LogP contribution in [0.25, 0.3) is 0 Å². The highest BCUT2D eigenvalue weighted by atomic mass is 32.2. The standard InChI is InChI=1S/C15H14N2O4S/c18-17(19)15-8-4-7-14(11-15)12-16-22(20,21)10-9-13-5-2-1-3-6-13/h1-8,11-12H,9-10H2. The van der Waals surface area contributed by atoms with E-state index in [4.69, 9.17) is 0 Å². The summed E-state index contributed by atoms with van der Waals surface area (Å²) in [5.41, 5.74) is 1.18. The summed E-state index contributed by atoms with van der Waals surface area (Å²) in [5, 5.41) is 10.7. The van der Waals surface area contributed by atoms with Crippen molar-refractivity contribution in [3.63, 3.8) is 0 Å². The van der Waals surface area contributed by atoms with Gasteiger partial charge in [0.1, 0.15) is 0 Å². The van der Waals surface area contributed by atoms with Crippen molar-refractivity contribution in [2.45, 2.75) is 6.42 Å². The van der Waals surface area contributed by atoms with Gasteiger partial charge < -0.3 is 0 Å². The Morgan fingerprint density at radius 3 is 2.50 bits per heavy atom. The second-order valence-corrected chi connectivity index (χ2v) is 6.39. The lowest BCUT2D eigenvalue weighted by Gasteiger charge is -2.00. The third-order valence-electron chi connectivity index (χ3n) is 2.93. The van der Waals surface area contributed by atoms with Gasteiger partial charge in [0, 0.05) is 23.9 Å². The second kappa shape index (κ2) is 6.95. The Labute approximate surface area is 128 Å². The molecule has 2 rings (SSSR count). The van der Waals surface area contributed by atoms with Gasteiger partial charge in [-0.1, -0.05) is 42.5 Å². The molecule has 0 saturated heterocycles. The van der Waals surface area contributed by atoms with E-state index in [1.54, 1.807) is 6.07 Å². The number of nitro groups is 1. The van der Waals surface area contributed by atoms with Gasteiger partial charge in [-0.25, -0.2) is 8.42 Å². The van der Waals surface area contributed by atoms with E-state index < -0.39 is 14.9 Å². The lowest BCUT2D eigenvalue weighted by molar-refractivity contribution is -0.384. The molecule has 6 nitrogen and oxygen atoms in total. The summed E-state index contributed by atoms with van der Waals surface area (Å²) in [4.78, 5) is 10.1. The molecule has 22 heavy (non-hydrogen) atoms. The highest BCUT2D eigenvalue weighted by Gasteiger charge is 2.09. The van der Waals surface area contributed by atoms with Crippen molar-refractivity contribution in [1.29, 1.82) is 0 Å². The van der Waals surface area contributed by atoms with E-state index in [1.807, 2.05) is 30.3 Å². The van der Waals surface area contributed by atoms with E-state index >= 15 is 0 Å². The largest absolute Gasteiger partial charge is 0.270 e. The number of non-ortho nitro benzene ring substituents is 1. The molecule has 0 atom stereocenters. The number of hydrogen-bond donors (Lipinski definition) is 0. The molecule has 2 aromatic rings. The van der Waals surface area contributed by atoms with Crippen LogP contribution in [0.5, 0.6) is 0 Å². The van der Waals surface area contributed by atoms with E-state index in [2.05, 4.69) is 4.40 Å². The molecule has 0 fully saturated rings. The molecule has 0 aromatic heterocycles. The van der Waals surface area contributed by atoms with Crippen LogP contribution in [0.2, 0.25) is 0 Å². The number of sulfonamides is 1. The molecule has 0 unspecified atom stereocenters. The predicted octanol–water partition coefficient (Wildman–Crippen LogP) is 2.59. The maximum atomic E-state index is 11.9. The molecule has 0 heterocycles. The molecule has 0 aliphatic heterocycles. The lowest BCUT2D eigenvalue weighted by atomic mass is 10.2. The van der Waals surface area contributed by atoms with Crippen molar-refractivity contribution >= 4 is 21.9 Å². The van der Waals surface area contributed by atoms with Gasteiger partial charge in [-0.2, -0.15) is 4.40 Å². The molecule has 0 aliphatic rings.